The second-order valence-electron chi connectivity index (χ2n) is 7.38. The van der Waals surface area contributed by atoms with E-state index in [1.807, 2.05) is 0 Å². The molecule has 0 saturated carbocycles. The highest BCUT2D eigenvalue weighted by Crippen LogP contribution is 2.31. The zero-order valence-electron chi connectivity index (χ0n) is 16.3. The van der Waals surface area contributed by atoms with Gasteiger partial charge in [0.2, 0.25) is 0 Å². The Bertz CT molecular complexity index is 1110. The van der Waals surface area contributed by atoms with E-state index < -0.39 is 42.8 Å². The van der Waals surface area contributed by atoms with Crippen LogP contribution in [0.2, 0.25) is 0 Å². The van der Waals surface area contributed by atoms with Crippen molar-refractivity contribution in [1.82, 2.24) is 9.97 Å². The summed E-state index contributed by atoms with van der Waals surface area (Å²) in [4.78, 5) is 20.6. The van der Waals surface area contributed by atoms with Crippen LogP contribution in [0.3, 0.4) is 0 Å². The van der Waals surface area contributed by atoms with Gasteiger partial charge >= 0.3 is 5.97 Å². The molecule has 0 aliphatic carbocycles. The van der Waals surface area contributed by atoms with E-state index in [1.165, 1.54) is 6.07 Å². The van der Waals surface area contributed by atoms with Crippen molar-refractivity contribution in [2.75, 3.05) is 0 Å². The Hall–Kier alpha value is -2.69. The third-order valence-electron chi connectivity index (χ3n) is 5.34. The summed E-state index contributed by atoms with van der Waals surface area (Å²) in [6.07, 6.45) is -6.48. The number of aromatic carboxylic acids is 1. The third kappa shape index (κ3) is 3.51. The van der Waals surface area contributed by atoms with Gasteiger partial charge in [-0.05, 0) is 32.0 Å². The highest BCUT2D eigenvalue weighted by atomic mass is 16.7. The molecule has 9 heteroatoms. The van der Waals surface area contributed by atoms with Crippen LogP contribution in [0, 0.1) is 0 Å². The minimum Gasteiger partial charge on any atom is -0.478 e. The number of aromatic nitrogens is 2. The van der Waals surface area contributed by atoms with E-state index in [2.05, 4.69) is 9.97 Å². The zero-order valence-corrected chi connectivity index (χ0v) is 16.3. The Balaban J connectivity index is 1.71. The standard InChI is InChI=1S/C21H22N2O7/c1-9(29-21-19(26)18(25)17(24)10(2)30-21)11-5-3-7-13-15(11)22-14-8-4-6-12(20(27)28)16(14)23-13/h3-10,17-19,21,24-26H,1-2H3,(H,27,28)/t9?,10-,17-,18+,19-,21+/m0/s1. The van der Waals surface area contributed by atoms with Crippen molar-refractivity contribution in [3.63, 3.8) is 0 Å². The van der Waals surface area contributed by atoms with Gasteiger partial charge in [0, 0.05) is 5.56 Å². The van der Waals surface area contributed by atoms with Crippen LogP contribution in [0.15, 0.2) is 36.4 Å². The fourth-order valence-corrected chi connectivity index (χ4v) is 3.64. The lowest BCUT2D eigenvalue weighted by molar-refractivity contribution is -0.303. The Morgan fingerprint density at radius 1 is 1.00 bits per heavy atom. The number of aliphatic hydroxyl groups excluding tert-OH is 3. The minimum absolute atomic E-state index is 0.0665. The molecular weight excluding hydrogens is 392 g/mol. The molecule has 1 aromatic heterocycles. The fourth-order valence-electron chi connectivity index (χ4n) is 3.64. The van der Waals surface area contributed by atoms with Crippen molar-refractivity contribution < 1.29 is 34.7 Å². The summed E-state index contributed by atoms with van der Waals surface area (Å²) < 4.78 is 11.4. The molecule has 2 aromatic carbocycles. The monoisotopic (exact) mass is 414 g/mol. The van der Waals surface area contributed by atoms with Gasteiger partial charge in [-0.15, -0.1) is 0 Å². The summed E-state index contributed by atoms with van der Waals surface area (Å²) in [6, 6.07) is 10.0. The predicted molar refractivity (Wildman–Crippen MR) is 106 cm³/mol. The van der Waals surface area contributed by atoms with Crippen molar-refractivity contribution in [3.05, 3.63) is 47.5 Å². The molecule has 3 aromatic rings. The van der Waals surface area contributed by atoms with Gasteiger partial charge in [0.05, 0.1) is 34.3 Å². The number of hydrogen-bond acceptors (Lipinski definition) is 8. The zero-order chi connectivity index (χ0) is 21.6. The number of carboxylic acids is 1. The Morgan fingerprint density at radius 3 is 2.33 bits per heavy atom. The number of carboxylic acid groups (broad SMARTS) is 1. The Kier molecular flexibility index (Phi) is 5.39. The number of nitrogens with zero attached hydrogens (tertiary/aromatic N) is 2. The number of fused-ring (bicyclic) bond motifs is 2. The number of aliphatic hydroxyl groups is 3. The lowest BCUT2D eigenvalue weighted by Crippen LogP contribution is -2.57. The first-order chi connectivity index (χ1) is 14.3. The topological polar surface area (TPSA) is 142 Å². The average molecular weight is 414 g/mol. The van der Waals surface area contributed by atoms with Gasteiger partial charge in [-0.1, -0.05) is 18.2 Å². The molecule has 1 saturated heterocycles. The normalized spacial score (nSPS) is 28.0. The van der Waals surface area contributed by atoms with Crippen molar-refractivity contribution in [1.29, 1.82) is 0 Å². The van der Waals surface area contributed by atoms with E-state index in [0.29, 0.717) is 27.6 Å². The van der Waals surface area contributed by atoms with E-state index in [0.717, 1.165) is 0 Å². The van der Waals surface area contributed by atoms with Gasteiger partial charge < -0.3 is 29.9 Å². The first-order valence-electron chi connectivity index (χ1n) is 9.55. The molecule has 1 aliphatic heterocycles. The van der Waals surface area contributed by atoms with Crippen molar-refractivity contribution in [2.45, 2.75) is 50.7 Å². The second-order valence-corrected chi connectivity index (χ2v) is 7.38. The summed E-state index contributed by atoms with van der Waals surface area (Å²) in [5.74, 6) is -1.08. The molecule has 1 aliphatic rings. The molecule has 30 heavy (non-hydrogen) atoms. The van der Waals surface area contributed by atoms with E-state index in [4.69, 9.17) is 9.47 Å². The highest BCUT2D eigenvalue weighted by Gasteiger charge is 2.43. The van der Waals surface area contributed by atoms with Crippen LogP contribution in [-0.2, 0) is 9.47 Å². The molecule has 1 fully saturated rings. The molecular formula is C21H22N2O7. The SMILES string of the molecule is CC(O[C@@H]1O[C@@H](C)[C@H](O)[C@@H](O)[C@@H]1O)c1cccc2nc3c(C(=O)O)cccc3nc12. The van der Waals surface area contributed by atoms with Crippen LogP contribution in [0.25, 0.3) is 22.1 Å². The third-order valence-corrected chi connectivity index (χ3v) is 5.34. The van der Waals surface area contributed by atoms with Crippen LogP contribution in [-0.4, -0.2) is 67.1 Å². The molecule has 4 N–H and O–H groups in total. The van der Waals surface area contributed by atoms with Crippen LogP contribution in [0.5, 0.6) is 0 Å². The van der Waals surface area contributed by atoms with E-state index >= 15 is 0 Å². The number of benzene rings is 2. The maximum Gasteiger partial charge on any atom is 0.337 e. The predicted octanol–water partition coefficient (Wildman–Crippen LogP) is 1.39. The van der Waals surface area contributed by atoms with E-state index in [1.54, 1.807) is 44.2 Å². The average Bonchev–Trinajstić information content (AvgIpc) is 2.73. The number of rotatable bonds is 4. The number of hydrogen-bond donors (Lipinski definition) is 4. The van der Waals surface area contributed by atoms with Crippen molar-refractivity contribution in [3.8, 4) is 0 Å². The van der Waals surface area contributed by atoms with Gasteiger partial charge in [0.1, 0.15) is 23.8 Å². The van der Waals surface area contributed by atoms with Crippen molar-refractivity contribution >= 4 is 28.0 Å². The minimum atomic E-state index is -1.42. The molecule has 1 unspecified atom stereocenters. The van der Waals surface area contributed by atoms with E-state index in [-0.39, 0.29) is 5.56 Å². The first kappa shape index (κ1) is 20.6. The van der Waals surface area contributed by atoms with Gasteiger partial charge in [0.25, 0.3) is 0 Å². The summed E-state index contributed by atoms with van der Waals surface area (Å²) in [6.45, 7) is 3.32. The summed E-state index contributed by atoms with van der Waals surface area (Å²) in [5.41, 5.74) is 2.48. The summed E-state index contributed by atoms with van der Waals surface area (Å²) in [5, 5.41) is 39.5. The molecule has 158 valence electrons. The van der Waals surface area contributed by atoms with Gasteiger partial charge in [0.15, 0.2) is 6.29 Å². The van der Waals surface area contributed by atoms with Crippen LogP contribution >= 0.6 is 0 Å². The molecule has 2 heterocycles. The molecule has 0 spiro atoms. The first-order valence-corrected chi connectivity index (χ1v) is 9.55. The van der Waals surface area contributed by atoms with Gasteiger partial charge in [-0.3, -0.25) is 0 Å². The van der Waals surface area contributed by atoms with Crippen LogP contribution in [0.1, 0.15) is 35.9 Å². The summed E-state index contributed by atoms with van der Waals surface area (Å²) in [7, 11) is 0. The number of para-hydroxylation sites is 2. The number of carbonyl (C=O) groups is 1. The molecule has 6 atom stereocenters. The van der Waals surface area contributed by atoms with E-state index in [9.17, 15) is 25.2 Å². The molecule has 9 nitrogen and oxygen atoms in total. The number of ether oxygens (including phenoxy) is 2. The molecule has 0 radical (unpaired) electrons. The summed E-state index contributed by atoms with van der Waals surface area (Å²) >= 11 is 0. The maximum atomic E-state index is 11.5. The van der Waals surface area contributed by atoms with Gasteiger partial charge in [-0.2, -0.15) is 0 Å². The molecule has 0 bridgehead atoms. The maximum absolute atomic E-state index is 11.5. The van der Waals surface area contributed by atoms with Crippen molar-refractivity contribution in [2.24, 2.45) is 0 Å². The van der Waals surface area contributed by atoms with Crippen LogP contribution in [0.4, 0.5) is 0 Å². The van der Waals surface area contributed by atoms with Crippen LogP contribution < -0.4 is 0 Å². The Morgan fingerprint density at radius 2 is 1.63 bits per heavy atom. The largest absolute Gasteiger partial charge is 0.478 e. The highest BCUT2D eigenvalue weighted by molar-refractivity contribution is 6.02. The smallest absolute Gasteiger partial charge is 0.337 e. The van der Waals surface area contributed by atoms with Gasteiger partial charge in [-0.25, -0.2) is 14.8 Å². The Labute approximate surface area is 171 Å². The fraction of sp³-hybridized carbons (Fsp3) is 0.381. The lowest BCUT2D eigenvalue weighted by Gasteiger charge is -2.40. The quantitative estimate of drug-likeness (QED) is 0.466. The molecule has 0 amide bonds. The second kappa shape index (κ2) is 7.86. The lowest BCUT2D eigenvalue weighted by atomic mass is 10.00. The molecule has 4 rings (SSSR count).